The standard InChI is InChI=1S/C18H26N4O.HI/c1-19-18(20-11-13-8-9-13)21-12-14-4-2-7-16(10-14)22-17(23)15-5-3-6-15;/h2,4,7,10,13,15H,3,5-6,8-9,11-12H2,1H3,(H,22,23)(H2,19,20,21);1H. The van der Waals surface area contributed by atoms with E-state index in [1.54, 1.807) is 7.05 Å². The van der Waals surface area contributed by atoms with Gasteiger partial charge in [0.2, 0.25) is 5.91 Å². The summed E-state index contributed by atoms with van der Waals surface area (Å²) in [6.07, 6.45) is 5.88. The Balaban J connectivity index is 0.00000208. The summed E-state index contributed by atoms with van der Waals surface area (Å²) in [7, 11) is 1.79. The summed E-state index contributed by atoms with van der Waals surface area (Å²) < 4.78 is 0. The normalized spacial score (nSPS) is 17.5. The van der Waals surface area contributed by atoms with Gasteiger partial charge in [0.1, 0.15) is 0 Å². The molecule has 1 aromatic carbocycles. The number of rotatable bonds is 6. The molecule has 0 unspecified atom stereocenters. The number of amides is 1. The van der Waals surface area contributed by atoms with Crippen LogP contribution in [0.2, 0.25) is 0 Å². The lowest BCUT2D eigenvalue weighted by molar-refractivity contribution is -0.122. The second kappa shape index (κ2) is 9.25. The van der Waals surface area contributed by atoms with Crippen molar-refractivity contribution in [2.24, 2.45) is 16.8 Å². The van der Waals surface area contributed by atoms with Gasteiger partial charge in [0.25, 0.3) is 0 Å². The Morgan fingerprint density at radius 2 is 2.00 bits per heavy atom. The van der Waals surface area contributed by atoms with Gasteiger partial charge in [-0.2, -0.15) is 0 Å². The highest BCUT2D eigenvalue weighted by Gasteiger charge is 2.25. The van der Waals surface area contributed by atoms with Crippen LogP contribution < -0.4 is 16.0 Å². The van der Waals surface area contributed by atoms with E-state index in [0.29, 0.717) is 6.54 Å². The maximum atomic E-state index is 12.0. The first kappa shape index (κ1) is 19.0. The highest BCUT2D eigenvalue weighted by Crippen LogP contribution is 2.28. The van der Waals surface area contributed by atoms with Gasteiger partial charge < -0.3 is 16.0 Å². The molecule has 1 aromatic rings. The molecular weight excluding hydrogens is 415 g/mol. The van der Waals surface area contributed by atoms with Crippen molar-refractivity contribution in [3.05, 3.63) is 29.8 Å². The lowest BCUT2D eigenvalue weighted by atomic mass is 9.85. The van der Waals surface area contributed by atoms with Crippen LogP contribution in [0.3, 0.4) is 0 Å². The summed E-state index contributed by atoms with van der Waals surface area (Å²) in [5.74, 6) is 2.02. The van der Waals surface area contributed by atoms with Gasteiger partial charge >= 0.3 is 0 Å². The molecule has 2 aliphatic rings. The zero-order valence-corrected chi connectivity index (χ0v) is 16.5. The van der Waals surface area contributed by atoms with E-state index < -0.39 is 0 Å². The summed E-state index contributed by atoms with van der Waals surface area (Å²) in [6, 6.07) is 8.01. The monoisotopic (exact) mass is 442 g/mol. The number of halogens is 1. The summed E-state index contributed by atoms with van der Waals surface area (Å²) >= 11 is 0. The van der Waals surface area contributed by atoms with Gasteiger partial charge in [0, 0.05) is 31.7 Å². The van der Waals surface area contributed by atoms with Gasteiger partial charge in [0.05, 0.1) is 0 Å². The van der Waals surface area contributed by atoms with Gasteiger partial charge in [-0.05, 0) is 49.3 Å². The predicted molar refractivity (Wildman–Crippen MR) is 109 cm³/mol. The molecule has 6 heteroatoms. The Kier molecular flexibility index (Phi) is 7.33. The first-order valence-corrected chi connectivity index (χ1v) is 8.59. The zero-order valence-electron chi connectivity index (χ0n) is 14.2. The maximum Gasteiger partial charge on any atom is 0.227 e. The van der Waals surface area contributed by atoms with Crippen molar-refractivity contribution in [3.8, 4) is 0 Å². The fraction of sp³-hybridized carbons (Fsp3) is 0.556. The number of anilines is 1. The summed E-state index contributed by atoms with van der Waals surface area (Å²) in [5.41, 5.74) is 2.01. The summed E-state index contributed by atoms with van der Waals surface area (Å²) in [5, 5.41) is 9.69. The number of nitrogens with one attached hydrogen (secondary N) is 3. The number of hydrogen-bond donors (Lipinski definition) is 3. The summed E-state index contributed by atoms with van der Waals surface area (Å²) in [4.78, 5) is 16.3. The molecule has 5 nitrogen and oxygen atoms in total. The smallest absolute Gasteiger partial charge is 0.227 e. The van der Waals surface area contributed by atoms with Crippen molar-refractivity contribution in [2.75, 3.05) is 18.9 Å². The van der Waals surface area contributed by atoms with E-state index in [2.05, 4.69) is 27.0 Å². The first-order valence-electron chi connectivity index (χ1n) is 8.59. The largest absolute Gasteiger partial charge is 0.356 e. The van der Waals surface area contributed by atoms with Crippen LogP contribution in [-0.2, 0) is 11.3 Å². The second-order valence-electron chi connectivity index (χ2n) is 6.57. The molecule has 0 atom stereocenters. The minimum atomic E-state index is 0. The van der Waals surface area contributed by atoms with Gasteiger partial charge in [-0.1, -0.05) is 18.6 Å². The molecule has 2 fully saturated rings. The van der Waals surface area contributed by atoms with Crippen LogP contribution >= 0.6 is 24.0 Å². The van der Waals surface area contributed by atoms with Gasteiger partial charge in [-0.15, -0.1) is 24.0 Å². The molecule has 0 radical (unpaired) electrons. The number of carbonyl (C=O) groups is 1. The quantitative estimate of drug-likeness (QED) is 0.361. The van der Waals surface area contributed by atoms with E-state index in [-0.39, 0.29) is 35.8 Å². The van der Waals surface area contributed by atoms with E-state index in [1.807, 2.05) is 18.2 Å². The van der Waals surface area contributed by atoms with Crippen molar-refractivity contribution >= 4 is 41.5 Å². The van der Waals surface area contributed by atoms with Crippen LogP contribution in [0.1, 0.15) is 37.7 Å². The topological polar surface area (TPSA) is 65.5 Å². The van der Waals surface area contributed by atoms with E-state index in [0.717, 1.165) is 42.5 Å². The number of guanidine groups is 1. The zero-order chi connectivity index (χ0) is 16.1. The molecule has 0 bridgehead atoms. The minimum absolute atomic E-state index is 0. The van der Waals surface area contributed by atoms with E-state index in [1.165, 1.54) is 19.3 Å². The average molecular weight is 442 g/mol. The first-order chi connectivity index (χ1) is 11.2. The number of aliphatic imine (C=N–C) groups is 1. The highest BCUT2D eigenvalue weighted by molar-refractivity contribution is 14.0. The van der Waals surface area contributed by atoms with Crippen LogP contribution in [0.4, 0.5) is 5.69 Å². The van der Waals surface area contributed by atoms with Gasteiger partial charge in [-0.25, -0.2) is 0 Å². The molecule has 0 heterocycles. The number of carbonyl (C=O) groups excluding carboxylic acids is 1. The molecule has 0 spiro atoms. The molecule has 3 N–H and O–H groups in total. The maximum absolute atomic E-state index is 12.0. The second-order valence-corrected chi connectivity index (χ2v) is 6.57. The van der Waals surface area contributed by atoms with Crippen LogP contribution in [0, 0.1) is 11.8 Å². The fourth-order valence-corrected chi connectivity index (χ4v) is 2.64. The van der Waals surface area contributed by atoms with Crippen molar-refractivity contribution in [2.45, 2.75) is 38.6 Å². The molecule has 3 rings (SSSR count). The lowest BCUT2D eigenvalue weighted by Gasteiger charge is -2.24. The molecule has 0 saturated heterocycles. The van der Waals surface area contributed by atoms with Crippen molar-refractivity contribution in [1.29, 1.82) is 0 Å². The van der Waals surface area contributed by atoms with Gasteiger partial charge in [-0.3, -0.25) is 9.79 Å². The third-order valence-corrected chi connectivity index (χ3v) is 4.61. The molecular formula is C18H27IN4O. The highest BCUT2D eigenvalue weighted by atomic mass is 127. The van der Waals surface area contributed by atoms with Crippen LogP contribution in [-0.4, -0.2) is 25.5 Å². The van der Waals surface area contributed by atoms with E-state index in [9.17, 15) is 4.79 Å². The Morgan fingerprint density at radius 3 is 2.62 bits per heavy atom. The van der Waals surface area contributed by atoms with E-state index in [4.69, 9.17) is 0 Å². The third kappa shape index (κ3) is 5.65. The number of hydrogen-bond acceptors (Lipinski definition) is 2. The molecule has 1 amide bonds. The molecule has 0 aliphatic heterocycles. The van der Waals surface area contributed by atoms with Crippen molar-refractivity contribution in [1.82, 2.24) is 10.6 Å². The fourth-order valence-electron chi connectivity index (χ4n) is 2.64. The Morgan fingerprint density at radius 1 is 1.21 bits per heavy atom. The van der Waals surface area contributed by atoms with Crippen LogP contribution in [0.15, 0.2) is 29.3 Å². The molecule has 2 saturated carbocycles. The SMILES string of the molecule is CN=C(NCc1cccc(NC(=O)C2CCC2)c1)NCC1CC1.I. The number of benzene rings is 1. The molecule has 0 aromatic heterocycles. The third-order valence-electron chi connectivity index (χ3n) is 4.61. The average Bonchev–Trinajstić information content (AvgIpc) is 3.30. The Hall–Kier alpha value is -1.31. The Bertz CT molecular complexity index is 582. The molecule has 24 heavy (non-hydrogen) atoms. The molecule has 132 valence electrons. The Labute approximate surface area is 161 Å². The van der Waals surface area contributed by atoms with Crippen molar-refractivity contribution < 1.29 is 4.79 Å². The van der Waals surface area contributed by atoms with Crippen LogP contribution in [0.25, 0.3) is 0 Å². The van der Waals surface area contributed by atoms with Crippen molar-refractivity contribution in [3.63, 3.8) is 0 Å². The minimum Gasteiger partial charge on any atom is -0.356 e. The number of nitrogens with zero attached hydrogens (tertiary/aromatic N) is 1. The van der Waals surface area contributed by atoms with Gasteiger partial charge in [0.15, 0.2) is 5.96 Å². The summed E-state index contributed by atoms with van der Waals surface area (Å²) in [6.45, 7) is 1.69. The van der Waals surface area contributed by atoms with E-state index >= 15 is 0 Å². The van der Waals surface area contributed by atoms with Crippen LogP contribution in [0.5, 0.6) is 0 Å². The lowest BCUT2D eigenvalue weighted by Crippen LogP contribution is -2.37. The predicted octanol–water partition coefficient (Wildman–Crippen LogP) is 3.12. The molecule has 2 aliphatic carbocycles.